The van der Waals surface area contributed by atoms with Crippen LogP contribution < -0.4 is 5.32 Å². The van der Waals surface area contributed by atoms with E-state index in [1.54, 1.807) is 0 Å². The van der Waals surface area contributed by atoms with E-state index < -0.39 is 0 Å². The molecule has 1 aliphatic carbocycles. The summed E-state index contributed by atoms with van der Waals surface area (Å²) >= 11 is 0. The first-order chi connectivity index (χ1) is 6.57. The molecule has 1 aliphatic rings. The summed E-state index contributed by atoms with van der Waals surface area (Å²) in [7, 11) is 1.86. The van der Waals surface area contributed by atoms with Gasteiger partial charge in [0, 0.05) is 18.8 Å². The minimum atomic E-state index is 0.514. The van der Waals surface area contributed by atoms with Gasteiger partial charge in [-0.05, 0) is 30.1 Å². The SMILES string of the molecule is CN/C=C1\C(=N)C=CC(C(C)C)=C1C. The van der Waals surface area contributed by atoms with Crippen LogP contribution in [0.2, 0.25) is 0 Å². The summed E-state index contributed by atoms with van der Waals surface area (Å²) in [5.41, 5.74) is 4.12. The highest BCUT2D eigenvalue weighted by molar-refractivity contribution is 6.10. The van der Waals surface area contributed by atoms with Gasteiger partial charge in [0.15, 0.2) is 0 Å². The smallest absolute Gasteiger partial charge is 0.0629 e. The number of rotatable bonds is 2. The molecule has 2 heteroatoms. The normalized spacial score (nSPS) is 19.8. The molecule has 0 aliphatic heterocycles. The Labute approximate surface area is 85.9 Å². The quantitative estimate of drug-likeness (QED) is 0.690. The maximum Gasteiger partial charge on any atom is 0.0629 e. The molecule has 0 saturated heterocycles. The van der Waals surface area contributed by atoms with Gasteiger partial charge < -0.3 is 10.7 Å². The first-order valence-corrected chi connectivity index (χ1v) is 4.93. The van der Waals surface area contributed by atoms with E-state index in [1.807, 2.05) is 19.3 Å². The second kappa shape index (κ2) is 4.27. The van der Waals surface area contributed by atoms with Crippen LogP contribution in [0.3, 0.4) is 0 Å². The summed E-state index contributed by atoms with van der Waals surface area (Å²) in [4.78, 5) is 0. The Morgan fingerprint density at radius 1 is 1.36 bits per heavy atom. The van der Waals surface area contributed by atoms with Crippen LogP contribution in [-0.2, 0) is 0 Å². The lowest BCUT2D eigenvalue weighted by atomic mass is 9.87. The molecular weight excluding hydrogens is 172 g/mol. The highest BCUT2D eigenvalue weighted by Gasteiger charge is 2.15. The van der Waals surface area contributed by atoms with Crippen molar-refractivity contribution in [1.29, 1.82) is 5.41 Å². The molecule has 0 amide bonds. The summed E-state index contributed by atoms with van der Waals surface area (Å²) in [6, 6.07) is 0. The number of hydrogen-bond acceptors (Lipinski definition) is 2. The molecule has 14 heavy (non-hydrogen) atoms. The molecule has 2 nitrogen and oxygen atoms in total. The summed E-state index contributed by atoms with van der Waals surface area (Å²) in [6.07, 6.45) is 5.81. The van der Waals surface area contributed by atoms with Gasteiger partial charge in [-0.3, -0.25) is 0 Å². The van der Waals surface area contributed by atoms with Crippen LogP contribution in [0.4, 0.5) is 0 Å². The lowest BCUT2D eigenvalue weighted by Gasteiger charge is -2.19. The average Bonchev–Trinajstić information content (AvgIpc) is 2.11. The minimum absolute atomic E-state index is 0.514. The lowest BCUT2D eigenvalue weighted by molar-refractivity contribution is 0.781. The van der Waals surface area contributed by atoms with Gasteiger partial charge in [-0.15, -0.1) is 0 Å². The highest BCUT2D eigenvalue weighted by atomic mass is 14.8. The Bertz CT molecular complexity index is 330. The molecule has 76 valence electrons. The largest absolute Gasteiger partial charge is 0.393 e. The maximum atomic E-state index is 7.78. The van der Waals surface area contributed by atoms with Crippen molar-refractivity contribution in [1.82, 2.24) is 5.32 Å². The topological polar surface area (TPSA) is 35.9 Å². The first kappa shape index (κ1) is 10.8. The van der Waals surface area contributed by atoms with Gasteiger partial charge in [0.1, 0.15) is 0 Å². The van der Waals surface area contributed by atoms with Crippen molar-refractivity contribution in [2.75, 3.05) is 7.05 Å². The fraction of sp³-hybridized carbons (Fsp3) is 0.417. The van der Waals surface area contributed by atoms with Gasteiger partial charge in [0.2, 0.25) is 0 Å². The third-order valence-corrected chi connectivity index (χ3v) is 2.47. The Hall–Kier alpha value is -1.31. The van der Waals surface area contributed by atoms with E-state index in [0.717, 1.165) is 5.57 Å². The molecule has 0 aromatic carbocycles. The number of hydrogen-bond donors (Lipinski definition) is 2. The second-order valence-corrected chi connectivity index (χ2v) is 3.83. The fourth-order valence-corrected chi connectivity index (χ4v) is 1.70. The monoisotopic (exact) mass is 190 g/mol. The highest BCUT2D eigenvalue weighted by Crippen LogP contribution is 2.26. The van der Waals surface area contributed by atoms with Gasteiger partial charge in [0.25, 0.3) is 0 Å². The molecule has 0 bridgehead atoms. The Kier molecular flexibility index (Phi) is 3.28. The summed E-state index contributed by atoms with van der Waals surface area (Å²) in [5, 5.41) is 10.8. The van der Waals surface area contributed by atoms with Crippen molar-refractivity contribution in [3.63, 3.8) is 0 Å². The van der Waals surface area contributed by atoms with Crippen LogP contribution in [0.1, 0.15) is 20.8 Å². The number of nitrogens with one attached hydrogen (secondary N) is 2. The molecule has 0 unspecified atom stereocenters. The van der Waals surface area contributed by atoms with E-state index in [9.17, 15) is 0 Å². The van der Waals surface area contributed by atoms with E-state index >= 15 is 0 Å². The average molecular weight is 190 g/mol. The Balaban J connectivity index is 3.15. The minimum Gasteiger partial charge on any atom is -0.393 e. The molecule has 1 rings (SSSR count). The maximum absolute atomic E-state index is 7.78. The van der Waals surface area contributed by atoms with Gasteiger partial charge in [0.05, 0.1) is 5.71 Å². The van der Waals surface area contributed by atoms with Crippen LogP contribution in [0, 0.1) is 11.3 Å². The van der Waals surface area contributed by atoms with Crippen LogP contribution in [0.5, 0.6) is 0 Å². The Morgan fingerprint density at radius 2 is 2.00 bits per heavy atom. The molecule has 0 spiro atoms. The summed E-state index contributed by atoms with van der Waals surface area (Å²) in [6.45, 7) is 6.43. The fourth-order valence-electron chi connectivity index (χ4n) is 1.70. The molecule has 0 aromatic heterocycles. The van der Waals surface area contributed by atoms with Crippen molar-refractivity contribution in [3.05, 3.63) is 35.1 Å². The molecule has 0 aromatic rings. The van der Waals surface area contributed by atoms with E-state index in [2.05, 4.69) is 32.2 Å². The van der Waals surface area contributed by atoms with Crippen molar-refractivity contribution >= 4 is 5.71 Å². The zero-order valence-corrected chi connectivity index (χ0v) is 9.31. The number of allylic oxidation sites excluding steroid dienone is 5. The summed E-state index contributed by atoms with van der Waals surface area (Å²) < 4.78 is 0. The second-order valence-electron chi connectivity index (χ2n) is 3.83. The van der Waals surface area contributed by atoms with Crippen LogP contribution in [0.25, 0.3) is 0 Å². The third kappa shape index (κ3) is 1.95. The van der Waals surface area contributed by atoms with Gasteiger partial charge in [-0.25, -0.2) is 0 Å². The molecule has 0 atom stereocenters. The van der Waals surface area contributed by atoms with Crippen molar-refractivity contribution < 1.29 is 0 Å². The zero-order chi connectivity index (χ0) is 10.7. The predicted octanol–water partition coefficient (Wildman–Crippen LogP) is 2.65. The van der Waals surface area contributed by atoms with Crippen LogP contribution in [0.15, 0.2) is 35.1 Å². The van der Waals surface area contributed by atoms with E-state index in [4.69, 9.17) is 5.41 Å². The summed E-state index contributed by atoms with van der Waals surface area (Å²) in [5.74, 6) is 0.514. The Morgan fingerprint density at radius 3 is 2.50 bits per heavy atom. The van der Waals surface area contributed by atoms with Crippen LogP contribution in [-0.4, -0.2) is 12.8 Å². The molecular formula is C12H18N2. The lowest BCUT2D eigenvalue weighted by Crippen LogP contribution is -2.12. The van der Waals surface area contributed by atoms with Gasteiger partial charge in [-0.1, -0.05) is 19.9 Å². The molecule has 0 radical (unpaired) electrons. The van der Waals surface area contributed by atoms with E-state index in [0.29, 0.717) is 11.6 Å². The van der Waals surface area contributed by atoms with Crippen molar-refractivity contribution in [2.24, 2.45) is 5.92 Å². The predicted molar refractivity (Wildman–Crippen MR) is 61.5 cm³/mol. The molecule has 0 fully saturated rings. The third-order valence-electron chi connectivity index (χ3n) is 2.47. The first-order valence-electron chi connectivity index (χ1n) is 4.93. The van der Waals surface area contributed by atoms with Crippen molar-refractivity contribution in [2.45, 2.75) is 20.8 Å². The standard InChI is InChI=1S/C12H18N2/c1-8(2)10-5-6-12(13)11(7-14-4)9(10)3/h5-8,13-14H,1-4H3/b11-7-,13-12?. The van der Waals surface area contributed by atoms with Crippen LogP contribution >= 0.6 is 0 Å². The molecule has 2 N–H and O–H groups in total. The van der Waals surface area contributed by atoms with Gasteiger partial charge >= 0.3 is 0 Å². The molecule has 0 saturated carbocycles. The van der Waals surface area contributed by atoms with E-state index in [1.165, 1.54) is 11.1 Å². The van der Waals surface area contributed by atoms with E-state index in [-0.39, 0.29) is 0 Å². The molecule has 0 heterocycles. The zero-order valence-electron chi connectivity index (χ0n) is 9.31. The van der Waals surface area contributed by atoms with Gasteiger partial charge in [-0.2, -0.15) is 0 Å². The van der Waals surface area contributed by atoms with Crippen molar-refractivity contribution in [3.8, 4) is 0 Å².